The van der Waals surface area contributed by atoms with Gasteiger partial charge in [-0.15, -0.1) is 0 Å². The topological polar surface area (TPSA) is 47.1 Å². The lowest BCUT2D eigenvalue weighted by Crippen LogP contribution is -2.51. The minimum absolute atomic E-state index is 0.0746. The van der Waals surface area contributed by atoms with E-state index < -0.39 is 0 Å². The van der Waals surface area contributed by atoms with Gasteiger partial charge in [-0.3, -0.25) is 14.5 Å². The molecule has 3 fully saturated rings. The van der Waals surface area contributed by atoms with E-state index >= 15 is 0 Å². The van der Waals surface area contributed by atoms with Crippen LogP contribution in [0.4, 0.5) is 10.1 Å². The number of carbonyl (C=O) groups is 2. The molecule has 1 atom stereocenters. The minimum Gasteiger partial charge on any atom is -0.366 e. The van der Waals surface area contributed by atoms with Gasteiger partial charge in [-0.1, -0.05) is 42.5 Å². The van der Waals surface area contributed by atoms with Crippen molar-refractivity contribution in [1.29, 1.82) is 0 Å². The van der Waals surface area contributed by atoms with Gasteiger partial charge in [0.05, 0.1) is 11.6 Å². The Hall–Kier alpha value is -2.93. The minimum atomic E-state index is -0.255. The Labute approximate surface area is 200 Å². The van der Waals surface area contributed by atoms with Crippen LogP contribution in [-0.4, -0.2) is 78.4 Å². The molecule has 2 aromatic carbocycles. The first kappa shape index (κ1) is 22.8. The summed E-state index contributed by atoms with van der Waals surface area (Å²) in [4.78, 5) is 34.3. The van der Waals surface area contributed by atoms with Gasteiger partial charge in [0.2, 0.25) is 11.8 Å². The summed E-state index contributed by atoms with van der Waals surface area (Å²) in [7, 11) is 0. The summed E-state index contributed by atoms with van der Waals surface area (Å²) in [5.41, 5.74) is 1.91. The lowest BCUT2D eigenvalue weighted by molar-refractivity contribution is -0.136. The van der Waals surface area contributed by atoms with E-state index in [9.17, 15) is 14.0 Å². The van der Waals surface area contributed by atoms with Gasteiger partial charge in [0.1, 0.15) is 5.82 Å². The van der Waals surface area contributed by atoms with Gasteiger partial charge in [0.25, 0.3) is 0 Å². The van der Waals surface area contributed by atoms with Crippen LogP contribution >= 0.6 is 0 Å². The highest BCUT2D eigenvalue weighted by atomic mass is 19.1. The molecule has 3 saturated heterocycles. The second-order valence-corrected chi connectivity index (χ2v) is 9.70. The summed E-state index contributed by atoms with van der Waals surface area (Å²) < 4.78 is 14.1. The largest absolute Gasteiger partial charge is 0.366 e. The van der Waals surface area contributed by atoms with E-state index in [0.29, 0.717) is 44.8 Å². The second kappa shape index (κ2) is 10.1. The van der Waals surface area contributed by atoms with Gasteiger partial charge < -0.3 is 14.7 Å². The van der Waals surface area contributed by atoms with E-state index in [0.717, 1.165) is 32.5 Å². The number of likely N-dealkylation sites (tertiary alicyclic amines) is 2. The monoisotopic (exact) mass is 464 g/mol. The molecule has 3 aliphatic heterocycles. The van der Waals surface area contributed by atoms with Gasteiger partial charge in [-0.25, -0.2) is 4.39 Å². The number of para-hydroxylation sites is 1. The van der Waals surface area contributed by atoms with Crippen molar-refractivity contribution in [3.63, 3.8) is 0 Å². The number of nitrogens with zero attached hydrogens (tertiary/aromatic N) is 4. The van der Waals surface area contributed by atoms with E-state index in [1.807, 2.05) is 26.8 Å². The summed E-state index contributed by atoms with van der Waals surface area (Å²) in [6.07, 6.45) is 2.23. The number of anilines is 1. The molecular weight excluding hydrogens is 431 g/mol. The van der Waals surface area contributed by atoms with Crippen LogP contribution in [0.15, 0.2) is 54.6 Å². The van der Waals surface area contributed by atoms with Crippen molar-refractivity contribution in [2.75, 3.05) is 50.7 Å². The second-order valence-electron chi connectivity index (χ2n) is 9.70. The molecule has 0 spiro atoms. The molecule has 0 N–H and O–H groups in total. The van der Waals surface area contributed by atoms with Crippen molar-refractivity contribution in [1.82, 2.24) is 14.7 Å². The number of piperidine rings is 1. The molecular formula is C27H33FN4O2. The van der Waals surface area contributed by atoms with E-state index in [1.165, 1.54) is 11.6 Å². The number of halogens is 1. The smallest absolute Gasteiger partial charge is 0.228 e. The molecule has 3 aliphatic rings. The molecule has 0 aromatic heterocycles. The average molecular weight is 465 g/mol. The van der Waals surface area contributed by atoms with Crippen LogP contribution < -0.4 is 4.90 Å². The summed E-state index contributed by atoms with van der Waals surface area (Å²) in [5, 5.41) is 0. The highest BCUT2D eigenvalue weighted by Crippen LogP contribution is 2.28. The maximum Gasteiger partial charge on any atom is 0.228 e. The number of amides is 2. The summed E-state index contributed by atoms with van der Waals surface area (Å²) in [6.45, 7) is 5.77. The quantitative estimate of drug-likeness (QED) is 0.683. The molecule has 5 rings (SSSR count). The zero-order valence-electron chi connectivity index (χ0n) is 19.6. The lowest BCUT2D eigenvalue weighted by Gasteiger charge is -2.38. The Morgan fingerprint density at radius 3 is 2.26 bits per heavy atom. The molecule has 180 valence electrons. The fourth-order valence-corrected chi connectivity index (χ4v) is 5.61. The van der Waals surface area contributed by atoms with Crippen LogP contribution in [-0.2, 0) is 16.1 Å². The predicted octanol–water partition coefficient (Wildman–Crippen LogP) is 2.99. The number of rotatable bonds is 5. The first-order valence-corrected chi connectivity index (χ1v) is 12.4. The third-order valence-electron chi connectivity index (χ3n) is 7.54. The van der Waals surface area contributed by atoms with Gasteiger partial charge in [0, 0.05) is 64.8 Å². The van der Waals surface area contributed by atoms with Gasteiger partial charge in [0.15, 0.2) is 0 Å². The number of hydrogen-bond acceptors (Lipinski definition) is 4. The fraction of sp³-hybridized carbons (Fsp3) is 0.481. The average Bonchev–Trinajstić information content (AvgIpc) is 3.27. The Morgan fingerprint density at radius 2 is 1.56 bits per heavy atom. The standard InChI is InChI=1S/C27H33FN4O2/c28-24-8-4-5-9-25(24)30-14-16-31(17-15-30)27(34)22-18-26(33)32(20-22)23-10-12-29(13-11-23)19-21-6-2-1-3-7-21/h1-9,22-23H,10-20H2. The van der Waals surface area contributed by atoms with E-state index in [2.05, 4.69) is 29.2 Å². The van der Waals surface area contributed by atoms with Crippen LogP contribution in [0.5, 0.6) is 0 Å². The third kappa shape index (κ3) is 4.94. The van der Waals surface area contributed by atoms with Crippen molar-refractivity contribution in [2.24, 2.45) is 5.92 Å². The van der Waals surface area contributed by atoms with Gasteiger partial charge >= 0.3 is 0 Å². The van der Waals surface area contributed by atoms with E-state index in [-0.39, 0.29) is 29.6 Å². The Kier molecular flexibility index (Phi) is 6.81. The van der Waals surface area contributed by atoms with E-state index in [4.69, 9.17) is 0 Å². The van der Waals surface area contributed by atoms with Crippen LogP contribution in [0.2, 0.25) is 0 Å². The zero-order valence-corrected chi connectivity index (χ0v) is 19.6. The number of hydrogen-bond donors (Lipinski definition) is 0. The molecule has 6 nitrogen and oxygen atoms in total. The molecule has 0 aliphatic carbocycles. The SMILES string of the molecule is O=C(C1CC(=O)N(C2CCN(Cc3ccccc3)CC2)C1)N1CCN(c2ccccc2F)CC1. The summed E-state index contributed by atoms with van der Waals surface area (Å²) in [5.74, 6) is -0.292. The Morgan fingerprint density at radius 1 is 0.882 bits per heavy atom. The summed E-state index contributed by atoms with van der Waals surface area (Å²) >= 11 is 0. The Balaban J connectivity index is 1.11. The Bertz CT molecular complexity index is 1000. The number of carbonyl (C=O) groups excluding carboxylic acids is 2. The number of benzene rings is 2. The molecule has 1 unspecified atom stereocenters. The molecule has 0 radical (unpaired) electrons. The maximum atomic E-state index is 14.1. The first-order chi connectivity index (χ1) is 16.6. The van der Waals surface area contributed by atoms with Crippen molar-refractivity contribution in [3.05, 3.63) is 66.0 Å². The van der Waals surface area contributed by atoms with Crippen molar-refractivity contribution >= 4 is 17.5 Å². The lowest BCUT2D eigenvalue weighted by atomic mass is 10.0. The summed E-state index contributed by atoms with van der Waals surface area (Å²) in [6, 6.07) is 17.5. The van der Waals surface area contributed by atoms with Crippen LogP contribution in [0.1, 0.15) is 24.8 Å². The predicted molar refractivity (Wildman–Crippen MR) is 130 cm³/mol. The highest BCUT2D eigenvalue weighted by molar-refractivity contribution is 5.89. The molecule has 7 heteroatoms. The van der Waals surface area contributed by atoms with Crippen molar-refractivity contribution in [2.45, 2.75) is 31.8 Å². The maximum absolute atomic E-state index is 14.1. The highest BCUT2D eigenvalue weighted by Gasteiger charge is 2.40. The normalized spacial score (nSPS) is 22.4. The molecule has 2 amide bonds. The molecule has 34 heavy (non-hydrogen) atoms. The van der Waals surface area contributed by atoms with Gasteiger partial charge in [-0.2, -0.15) is 0 Å². The first-order valence-electron chi connectivity index (χ1n) is 12.4. The molecule has 3 heterocycles. The van der Waals surface area contributed by atoms with Crippen molar-refractivity contribution < 1.29 is 14.0 Å². The molecule has 0 bridgehead atoms. The fourth-order valence-electron chi connectivity index (χ4n) is 5.61. The van der Waals surface area contributed by atoms with Crippen LogP contribution in [0.3, 0.4) is 0 Å². The van der Waals surface area contributed by atoms with Crippen molar-refractivity contribution in [3.8, 4) is 0 Å². The van der Waals surface area contributed by atoms with Crippen LogP contribution in [0.25, 0.3) is 0 Å². The molecule has 0 saturated carbocycles. The van der Waals surface area contributed by atoms with Gasteiger partial charge in [-0.05, 0) is 30.5 Å². The van der Waals surface area contributed by atoms with E-state index in [1.54, 1.807) is 12.1 Å². The zero-order chi connectivity index (χ0) is 23.5. The molecule has 2 aromatic rings. The van der Waals surface area contributed by atoms with Crippen LogP contribution in [0, 0.1) is 11.7 Å². The number of piperazine rings is 1. The third-order valence-corrected chi connectivity index (χ3v) is 7.54.